The summed E-state index contributed by atoms with van der Waals surface area (Å²) in [5.74, 6) is 0.159. The lowest BCUT2D eigenvalue weighted by atomic mass is 10.1. The minimum Gasteiger partial charge on any atom is -0.396 e. The van der Waals surface area contributed by atoms with Crippen LogP contribution in [0.2, 0.25) is 0 Å². The van der Waals surface area contributed by atoms with Crippen LogP contribution in [0, 0.1) is 0 Å². The van der Waals surface area contributed by atoms with Gasteiger partial charge in [0.15, 0.2) is 5.82 Å². The van der Waals surface area contributed by atoms with Crippen LogP contribution in [-0.4, -0.2) is 10.9 Å². The van der Waals surface area contributed by atoms with Gasteiger partial charge in [0.2, 0.25) is 0 Å². The summed E-state index contributed by atoms with van der Waals surface area (Å²) in [7, 11) is 0. The second-order valence-corrected chi connectivity index (χ2v) is 4.46. The van der Waals surface area contributed by atoms with Crippen LogP contribution in [0.25, 0.3) is 10.8 Å². The van der Waals surface area contributed by atoms with Crippen molar-refractivity contribution in [1.29, 1.82) is 0 Å². The number of anilines is 2. The molecule has 4 heteroatoms. The number of nitrogens with two attached hydrogens (primary N) is 1. The Labute approximate surface area is 116 Å². The first-order valence-corrected chi connectivity index (χ1v) is 6.25. The van der Waals surface area contributed by atoms with Gasteiger partial charge in [0.1, 0.15) is 0 Å². The molecule has 3 aromatic rings. The Morgan fingerprint density at radius 3 is 2.60 bits per heavy atom. The molecule has 2 aromatic carbocycles. The van der Waals surface area contributed by atoms with Crippen LogP contribution in [0.15, 0.2) is 60.8 Å². The molecular formula is C16H13N3O. The molecule has 1 amide bonds. The van der Waals surface area contributed by atoms with Gasteiger partial charge in [-0.1, -0.05) is 30.3 Å². The fourth-order valence-electron chi connectivity index (χ4n) is 2.03. The van der Waals surface area contributed by atoms with E-state index in [2.05, 4.69) is 10.3 Å². The summed E-state index contributed by atoms with van der Waals surface area (Å²) in [6.45, 7) is 0. The highest BCUT2D eigenvalue weighted by Crippen LogP contribution is 2.18. The predicted molar refractivity (Wildman–Crippen MR) is 80.6 cm³/mol. The van der Waals surface area contributed by atoms with Gasteiger partial charge in [0.25, 0.3) is 5.91 Å². The summed E-state index contributed by atoms with van der Waals surface area (Å²) in [5, 5.41) is 4.84. The van der Waals surface area contributed by atoms with E-state index in [1.54, 1.807) is 24.4 Å². The summed E-state index contributed by atoms with van der Waals surface area (Å²) in [6.07, 6.45) is 1.59. The van der Waals surface area contributed by atoms with Crippen molar-refractivity contribution in [2.45, 2.75) is 0 Å². The third kappa shape index (κ3) is 2.31. The molecule has 0 bridgehead atoms. The molecular weight excluding hydrogens is 250 g/mol. The average molecular weight is 263 g/mol. The molecule has 0 radical (unpaired) electrons. The van der Waals surface area contributed by atoms with Gasteiger partial charge >= 0.3 is 0 Å². The van der Waals surface area contributed by atoms with Crippen molar-refractivity contribution in [2.75, 3.05) is 11.1 Å². The first-order chi connectivity index (χ1) is 9.74. The van der Waals surface area contributed by atoms with E-state index in [0.717, 1.165) is 10.8 Å². The minimum absolute atomic E-state index is 0.221. The van der Waals surface area contributed by atoms with E-state index in [-0.39, 0.29) is 5.91 Å². The fourth-order valence-corrected chi connectivity index (χ4v) is 2.03. The third-order valence-corrected chi connectivity index (χ3v) is 3.08. The predicted octanol–water partition coefficient (Wildman–Crippen LogP) is 3.07. The quantitative estimate of drug-likeness (QED) is 0.746. The van der Waals surface area contributed by atoms with Crippen molar-refractivity contribution in [1.82, 2.24) is 4.98 Å². The highest BCUT2D eigenvalue weighted by atomic mass is 16.1. The first-order valence-electron chi connectivity index (χ1n) is 6.25. The standard InChI is InChI=1S/C16H13N3O/c17-14-6-3-9-18-15(14)19-16(20)13-8-7-11-4-1-2-5-12(11)10-13/h1-10H,17H2,(H,18,19,20). The number of hydrogen-bond donors (Lipinski definition) is 2. The summed E-state index contributed by atoms with van der Waals surface area (Å²) >= 11 is 0. The van der Waals surface area contributed by atoms with Crippen LogP contribution in [0.4, 0.5) is 11.5 Å². The fraction of sp³-hybridized carbons (Fsp3) is 0. The number of nitrogen functional groups attached to an aromatic ring is 1. The number of amides is 1. The molecule has 1 heterocycles. The molecule has 3 N–H and O–H groups in total. The molecule has 0 saturated carbocycles. The third-order valence-electron chi connectivity index (χ3n) is 3.08. The number of fused-ring (bicyclic) bond motifs is 1. The van der Waals surface area contributed by atoms with Crippen molar-refractivity contribution < 1.29 is 4.79 Å². The Bertz CT molecular complexity index is 783. The number of nitrogens with zero attached hydrogens (tertiary/aromatic N) is 1. The van der Waals surface area contributed by atoms with Gasteiger partial charge in [-0.25, -0.2) is 4.98 Å². The van der Waals surface area contributed by atoms with Crippen LogP contribution in [0.5, 0.6) is 0 Å². The Morgan fingerprint density at radius 2 is 1.80 bits per heavy atom. The van der Waals surface area contributed by atoms with E-state index < -0.39 is 0 Å². The molecule has 0 atom stereocenters. The number of carbonyl (C=O) groups excluding carboxylic acids is 1. The number of pyridine rings is 1. The highest BCUT2D eigenvalue weighted by molar-refractivity contribution is 6.07. The maximum atomic E-state index is 12.2. The molecule has 3 rings (SSSR count). The van der Waals surface area contributed by atoms with E-state index in [1.807, 2.05) is 36.4 Å². The van der Waals surface area contributed by atoms with Crippen LogP contribution in [0.3, 0.4) is 0 Å². The molecule has 4 nitrogen and oxygen atoms in total. The lowest BCUT2D eigenvalue weighted by Gasteiger charge is -2.07. The highest BCUT2D eigenvalue weighted by Gasteiger charge is 2.09. The van der Waals surface area contributed by atoms with Crippen molar-refractivity contribution in [2.24, 2.45) is 0 Å². The van der Waals surface area contributed by atoms with Gasteiger partial charge in [-0.05, 0) is 35.0 Å². The second kappa shape index (κ2) is 5.01. The number of rotatable bonds is 2. The summed E-state index contributed by atoms with van der Waals surface area (Å²) in [6, 6.07) is 16.9. The Hall–Kier alpha value is -2.88. The Morgan fingerprint density at radius 1 is 1.00 bits per heavy atom. The lowest BCUT2D eigenvalue weighted by Crippen LogP contribution is -2.14. The topological polar surface area (TPSA) is 68.0 Å². The number of benzene rings is 2. The second-order valence-electron chi connectivity index (χ2n) is 4.46. The van der Waals surface area contributed by atoms with Crippen LogP contribution >= 0.6 is 0 Å². The van der Waals surface area contributed by atoms with Crippen LogP contribution in [-0.2, 0) is 0 Å². The first kappa shape index (κ1) is 12.2. The van der Waals surface area contributed by atoms with Crippen molar-refractivity contribution >= 4 is 28.2 Å². The minimum atomic E-state index is -0.221. The molecule has 0 fully saturated rings. The molecule has 0 aliphatic heterocycles. The Balaban J connectivity index is 1.91. The van der Waals surface area contributed by atoms with E-state index in [9.17, 15) is 4.79 Å². The zero-order chi connectivity index (χ0) is 13.9. The van der Waals surface area contributed by atoms with Gasteiger partial charge in [-0.2, -0.15) is 0 Å². The monoisotopic (exact) mass is 263 g/mol. The zero-order valence-electron chi connectivity index (χ0n) is 10.7. The van der Waals surface area contributed by atoms with Gasteiger partial charge < -0.3 is 11.1 Å². The summed E-state index contributed by atoms with van der Waals surface area (Å²) in [5.41, 5.74) is 6.78. The number of nitrogens with one attached hydrogen (secondary N) is 1. The lowest BCUT2D eigenvalue weighted by molar-refractivity contribution is 0.102. The normalized spacial score (nSPS) is 10.4. The van der Waals surface area contributed by atoms with Gasteiger partial charge in [0.05, 0.1) is 5.69 Å². The van der Waals surface area contributed by atoms with Crippen molar-refractivity contribution in [3.63, 3.8) is 0 Å². The SMILES string of the molecule is Nc1cccnc1NC(=O)c1ccc2ccccc2c1. The zero-order valence-corrected chi connectivity index (χ0v) is 10.7. The maximum Gasteiger partial charge on any atom is 0.256 e. The van der Waals surface area contributed by atoms with E-state index in [0.29, 0.717) is 17.1 Å². The largest absolute Gasteiger partial charge is 0.396 e. The van der Waals surface area contributed by atoms with Crippen molar-refractivity contribution in [3.05, 3.63) is 66.4 Å². The molecule has 1 aromatic heterocycles. The number of carbonyl (C=O) groups is 1. The maximum absolute atomic E-state index is 12.2. The van der Waals surface area contributed by atoms with Gasteiger partial charge in [-0.15, -0.1) is 0 Å². The molecule has 0 aliphatic carbocycles. The summed E-state index contributed by atoms with van der Waals surface area (Å²) in [4.78, 5) is 16.3. The number of aromatic nitrogens is 1. The van der Waals surface area contributed by atoms with Crippen molar-refractivity contribution in [3.8, 4) is 0 Å². The van der Waals surface area contributed by atoms with Gasteiger partial charge in [0, 0.05) is 11.8 Å². The van der Waals surface area contributed by atoms with Crippen LogP contribution in [0.1, 0.15) is 10.4 Å². The molecule has 20 heavy (non-hydrogen) atoms. The molecule has 0 unspecified atom stereocenters. The van der Waals surface area contributed by atoms with E-state index >= 15 is 0 Å². The molecule has 98 valence electrons. The van der Waals surface area contributed by atoms with Crippen LogP contribution < -0.4 is 11.1 Å². The Kier molecular flexibility index (Phi) is 3.05. The van der Waals surface area contributed by atoms with Gasteiger partial charge in [-0.3, -0.25) is 4.79 Å². The molecule has 0 saturated heterocycles. The smallest absolute Gasteiger partial charge is 0.256 e. The molecule has 0 spiro atoms. The van der Waals surface area contributed by atoms with E-state index in [1.165, 1.54) is 0 Å². The number of hydrogen-bond acceptors (Lipinski definition) is 3. The molecule has 0 aliphatic rings. The average Bonchev–Trinajstić information content (AvgIpc) is 2.49. The van der Waals surface area contributed by atoms with E-state index in [4.69, 9.17) is 5.73 Å². The summed E-state index contributed by atoms with van der Waals surface area (Å²) < 4.78 is 0.